The summed E-state index contributed by atoms with van der Waals surface area (Å²) < 4.78 is 25.5. The summed E-state index contributed by atoms with van der Waals surface area (Å²) in [6.45, 7) is 2.29. The van der Waals surface area contributed by atoms with Crippen LogP contribution in [0, 0.1) is 5.82 Å². The van der Waals surface area contributed by atoms with Crippen molar-refractivity contribution in [2.24, 2.45) is 0 Å². The minimum Gasteiger partial charge on any atom is -0.497 e. The van der Waals surface area contributed by atoms with Gasteiger partial charge in [-0.3, -0.25) is 4.79 Å². The van der Waals surface area contributed by atoms with Crippen LogP contribution in [0.15, 0.2) is 72.8 Å². The van der Waals surface area contributed by atoms with Crippen LogP contribution in [0.3, 0.4) is 0 Å². The van der Waals surface area contributed by atoms with E-state index in [0.29, 0.717) is 29.4 Å². The van der Waals surface area contributed by atoms with Gasteiger partial charge in [-0.25, -0.2) is 9.07 Å². The molecule has 3 aromatic carbocycles. The van der Waals surface area contributed by atoms with E-state index in [4.69, 9.17) is 9.47 Å². The molecule has 1 N–H and O–H groups in total. The molecule has 4 rings (SSSR count). The lowest BCUT2D eigenvalue weighted by Crippen LogP contribution is -2.12. The van der Waals surface area contributed by atoms with Crippen molar-refractivity contribution in [2.45, 2.75) is 6.92 Å². The van der Waals surface area contributed by atoms with Crippen LogP contribution in [0.5, 0.6) is 11.8 Å². The third-order valence-corrected chi connectivity index (χ3v) is 4.66. The van der Waals surface area contributed by atoms with Gasteiger partial charge in [0.15, 0.2) is 5.82 Å². The van der Waals surface area contributed by atoms with Gasteiger partial charge < -0.3 is 14.8 Å². The van der Waals surface area contributed by atoms with Gasteiger partial charge in [-0.15, -0.1) is 5.10 Å². The maximum absolute atomic E-state index is 13.1. The first-order valence-electron chi connectivity index (χ1n) is 9.99. The van der Waals surface area contributed by atoms with Crippen molar-refractivity contribution in [3.8, 4) is 28.8 Å². The van der Waals surface area contributed by atoms with E-state index in [1.807, 2.05) is 37.3 Å². The van der Waals surface area contributed by atoms with Gasteiger partial charge in [-0.1, -0.05) is 6.07 Å². The molecule has 0 atom stereocenters. The van der Waals surface area contributed by atoms with E-state index in [1.54, 1.807) is 30.0 Å². The summed E-state index contributed by atoms with van der Waals surface area (Å²) >= 11 is 0. The maximum Gasteiger partial charge on any atom is 0.336 e. The lowest BCUT2D eigenvalue weighted by atomic mass is 10.2. The second-order valence-corrected chi connectivity index (χ2v) is 6.80. The van der Waals surface area contributed by atoms with E-state index in [-0.39, 0.29) is 11.9 Å². The Morgan fingerprint density at radius 3 is 2.50 bits per heavy atom. The minimum atomic E-state index is -0.397. The summed E-state index contributed by atoms with van der Waals surface area (Å²) in [5.41, 5.74) is 2.43. The van der Waals surface area contributed by atoms with E-state index >= 15 is 0 Å². The molecule has 0 saturated heterocycles. The van der Waals surface area contributed by atoms with Crippen molar-refractivity contribution in [3.63, 3.8) is 0 Å². The first-order valence-corrected chi connectivity index (χ1v) is 9.99. The highest BCUT2D eigenvalue weighted by atomic mass is 19.1. The molecule has 0 aliphatic carbocycles. The molecule has 0 aliphatic rings. The number of hydrogen-bond acceptors (Lipinski definition) is 5. The van der Waals surface area contributed by atoms with Gasteiger partial charge in [0.05, 0.1) is 19.4 Å². The van der Waals surface area contributed by atoms with Crippen molar-refractivity contribution < 1.29 is 18.7 Å². The Morgan fingerprint density at radius 1 is 1.06 bits per heavy atom. The van der Waals surface area contributed by atoms with Crippen LogP contribution in [-0.4, -0.2) is 34.4 Å². The van der Waals surface area contributed by atoms with Gasteiger partial charge in [0.25, 0.3) is 5.91 Å². The van der Waals surface area contributed by atoms with Crippen LogP contribution in [0.1, 0.15) is 17.3 Å². The molecule has 1 amide bonds. The van der Waals surface area contributed by atoms with Crippen molar-refractivity contribution in [2.75, 3.05) is 19.0 Å². The van der Waals surface area contributed by atoms with E-state index < -0.39 is 5.82 Å². The number of amides is 1. The number of ether oxygens (including phenoxy) is 2. The fourth-order valence-corrected chi connectivity index (χ4v) is 3.11. The summed E-state index contributed by atoms with van der Waals surface area (Å²) in [6.07, 6.45) is 0. The van der Waals surface area contributed by atoms with Gasteiger partial charge >= 0.3 is 6.01 Å². The average molecular weight is 432 g/mol. The predicted octanol–water partition coefficient (Wildman–Crippen LogP) is 4.73. The Labute approximate surface area is 184 Å². The van der Waals surface area contributed by atoms with Crippen LogP contribution in [0.4, 0.5) is 10.1 Å². The molecule has 7 nitrogen and oxygen atoms in total. The number of hydrogen-bond donors (Lipinski definition) is 1. The fourth-order valence-electron chi connectivity index (χ4n) is 3.11. The molecule has 1 aromatic heterocycles. The maximum atomic E-state index is 13.1. The normalized spacial score (nSPS) is 10.6. The van der Waals surface area contributed by atoms with Gasteiger partial charge in [0.2, 0.25) is 0 Å². The standard InChI is InChI=1S/C24H21FN4O3/c1-3-32-24-27-22(16-9-13-21(31-2)14-10-16)29(28-24)20-6-4-5-19(15-20)26-23(30)17-7-11-18(25)12-8-17/h4-15H,3H2,1-2H3,(H,26,30). The number of anilines is 1. The highest BCUT2D eigenvalue weighted by Gasteiger charge is 2.16. The quantitative estimate of drug-likeness (QED) is 0.457. The van der Waals surface area contributed by atoms with Crippen molar-refractivity contribution in [1.82, 2.24) is 14.8 Å². The molecule has 0 fully saturated rings. The number of methoxy groups -OCH3 is 1. The molecule has 1 heterocycles. The molecule has 0 aliphatic heterocycles. The monoisotopic (exact) mass is 432 g/mol. The zero-order valence-electron chi connectivity index (χ0n) is 17.6. The number of aromatic nitrogens is 3. The van der Waals surface area contributed by atoms with E-state index in [9.17, 15) is 9.18 Å². The van der Waals surface area contributed by atoms with Gasteiger partial charge in [0, 0.05) is 16.8 Å². The smallest absolute Gasteiger partial charge is 0.336 e. The molecule has 32 heavy (non-hydrogen) atoms. The Bertz CT molecular complexity index is 1220. The number of benzene rings is 3. The van der Waals surface area contributed by atoms with Crippen molar-refractivity contribution in [1.29, 1.82) is 0 Å². The molecule has 4 aromatic rings. The second-order valence-electron chi connectivity index (χ2n) is 6.80. The van der Waals surface area contributed by atoms with Crippen molar-refractivity contribution in [3.05, 3.63) is 84.2 Å². The first kappa shape index (κ1) is 21.0. The van der Waals surface area contributed by atoms with Crippen LogP contribution in [-0.2, 0) is 0 Å². The highest BCUT2D eigenvalue weighted by Crippen LogP contribution is 2.26. The summed E-state index contributed by atoms with van der Waals surface area (Å²) in [4.78, 5) is 17.0. The first-order chi connectivity index (χ1) is 15.6. The van der Waals surface area contributed by atoms with E-state index in [2.05, 4.69) is 15.4 Å². The number of nitrogens with zero attached hydrogens (tertiary/aromatic N) is 3. The number of carbonyl (C=O) groups is 1. The number of rotatable bonds is 7. The molecule has 8 heteroatoms. The lowest BCUT2D eigenvalue weighted by molar-refractivity contribution is 0.102. The number of carbonyl (C=O) groups excluding carboxylic acids is 1. The van der Waals surface area contributed by atoms with Crippen molar-refractivity contribution >= 4 is 11.6 Å². The van der Waals surface area contributed by atoms with Gasteiger partial charge in [0.1, 0.15) is 11.6 Å². The molecule has 0 unspecified atom stereocenters. The molecule has 162 valence electrons. The molecule has 0 bridgehead atoms. The summed E-state index contributed by atoms with van der Waals surface area (Å²) in [5.74, 6) is 0.575. The summed E-state index contributed by atoms with van der Waals surface area (Å²) in [7, 11) is 1.61. The zero-order chi connectivity index (χ0) is 22.5. The highest BCUT2D eigenvalue weighted by molar-refractivity contribution is 6.04. The van der Waals surface area contributed by atoms with Gasteiger partial charge in [-0.2, -0.15) is 4.98 Å². The Hall–Kier alpha value is -4.20. The van der Waals surface area contributed by atoms with Crippen LogP contribution < -0.4 is 14.8 Å². The minimum absolute atomic E-state index is 0.249. The van der Waals surface area contributed by atoms with E-state index in [0.717, 1.165) is 11.3 Å². The van der Waals surface area contributed by atoms with Crippen LogP contribution in [0.25, 0.3) is 17.1 Å². The molecular weight excluding hydrogens is 411 g/mol. The SMILES string of the molecule is CCOc1nc(-c2ccc(OC)cc2)n(-c2cccc(NC(=O)c3ccc(F)cc3)c2)n1. The fraction of sp³-hybridized carbons (Fsp3) is 0.125. The van der Waals surface area contributed by atoms with E-state index in [1.165, 1.54) is 24.3 Å². The molecule has 0 saturated carbocycles. The topological polar surface area (TPSA) is 78.3 Å². The number of nitrogens with one attached hydrogen (secondary N) is 1. The Balaban J connectivity index is 1.67. The Kier molecular flexibility index (Phi) is 6.12. The summed E-state index contributed by atoms with van der Waals surface area (Å²) in [5, 5.41) is 7.30. The second kappa shape index (κ2) is 9.30. The van der Waals surface area contributed by atoms with Crippen LogP contribution >= 0.6 is 0 Å². The summed E-state index contributed by atoms with van der Waals surface area (Å²) in [6, 6.07) is 20.3. The third kappa shape index (κ3) is 4.59. The Morgan fingerprint density at radius 2 is 1.81 bits per heavy atom. The molecule has 0 spiro atoms. The predicted molar refractivity (Wildman–Crippen MR) is 119 cm³/mol. The van der Waals surface area contributed by atoms with Gasteiger partial charge in [-0.05, 0) is 73.7 Å². The number of halogens is 1. The molecular formula is C24H21FN4O3. The van der Waals surface area contributed by atoms with Crippen LogP contribution in [0.2, 0.25) is 0 Å². The lowest BCUT2D eigenvalue weighted by Gasteiger charge is -2.10. The average Bonchev–Trinajstić information content (AvgIpc) is 3.24. The third-order valence-electron chi connectivity index (χ3n) is 4.66. The molecule has 0 radical (unpaired) electrons. The zero-order valence-corrected chi connectivity index (χ0v) is 17.6. The largest absolute Gasteiger partial charge is 0.497 e.